The fourth-order valence-corrected chi connectivity index (χ4v) is 1.55. The fourth-order valence-electron chi connectivity index (χ4n) is 1.09. The van der Waals surface area contributed by atoms with E-state index in [0.717, 1.165) is 6.07 Å². The van der Waals surface area contributed by atoms with Crippen LogP contribution in [0.5, 0.6) is 0 Å². The van der Waals surface area contributed by atoms with Crippen LogP contribution in [-0.4, -0.2) is 45.8 Å². The molecule has 0 aromatic carbocycles. The molecule has 1 heterocycles. The average molecular weight is 278 g/mol. The predicted molar refractivity (Wildman–Crippen MR) is 60.3 cm³/mol. The van der Waals surface area contributed by atoms with E-state index in [1.807, 2.05) is 0 Å². The quantitative estimate of drug-likeness (QED) is 0.529. The minimum atomic E-state index is -3.95. The Morgan fingerprint density at radius 1 is 1.44 bits per heavy atom. The number of hydrogen-bond acceptors (Lipinski definition) is 6. The number of aliphatic hydroxyl groups excluding tert-OH is 1. The molecule has 0 atom stereocenters. The number of carbonyl (C=O) groups excluding carboxylic acids is 1. The van der Waals surface area contributed by atoms with Crippen LogP contribution in [0, 0.1) is 0 Å². The Balaban J connectivity index is 2.45. The van der Waals surface area contributed by atoms with E-state index in [2.05, 4.69) is 5.32 Å². The molecule has 0 radical (unpaired) electrons. The lowest BCUT2D eigenvalue weighted by Gasteiger charge is -2.03. The SMILES string of the molecule is NS(=O)(=O)c1ccc(C(=O)NCCOCCO)o1. The van der Waals surface area contributed by atoms with Crippen molar-refractivity contribution in [3.05, 3.63) is 17.9 Å². The smallest absolute Gasteiger partial charge is 0.287 e. The molecule has 1 aromatic heterocycles. The molecule has 0 fully saturated rings. The van der Waals surface area contributed by atoms with E-state index in [-0.39, 0.29) is 32.1 Å². The van der Waals surface area contributed by atoms with Crippen LogP contribution < -0.4 is 10.5 Å². The van der Waals surface area contributed by atoms with Crippen LogP contribution in [-0.2, 0) is 14.8 Å². The van der Waals surface area contributed by atoms with Gasteiger partial charge in [0.15, 0.2) is 5.76 Å². The molecule has 0 aliphatic heterocycles. The van der Waals surface area contributed by atoms with E-state index in [9.17, 15) is 13.2 Å². The Labute approximate surface area is 104 Å². The molecule has 0 saturated heterocycles. The maximum Gasteiger partial charge on any atom is 0.287 e. The zero-order valence-corrected chi connectivity index (χ0v) is 10.3. The van der Waals surface area contributed by atoms with Crippen molar-refractivity contribution in [3.8, 4) is 0 Å². The molecule has 0 unspecified atom stereocenters. The highest BCUT2D eigenvalue weighted by Gasteiger charge is 2.16. The Bertz CT molecular complexity index is 495. The summed E-state index contributed by atoms with van der Waals surface area (Å²) in [5.74, 6) is -0.723. The van der Waals surface area contributed by atoms with Crippen LogP contribution in [0.1, 0.15) is 10.6 Å². The minimum absolute atomic E-state index is 0.0934. The second-order valence-corrected chi connectivity index (χ2v) is 4.75. The van der Waals surface area contributed by atoms with Gasteiger partial charge < -0.3 is 19.6 Å². The summed E-state index contributed by atoms with van der Waals surface area (Å²) in [5.41, 5.74) is 0. The lowest BCUT2D eigenvalue weighted by Crippen LogP contribution is -2.27. The first kappa shape index (κ1) is 14.6. The van der Waals surface area contributed by atoms with Gasteiger partial charge in [0.2, 0.25) is 5.09 Å². The molecule has 0 saturated carbocycles. The van der Waals surface area contributed by atoms with Crippen molar-refractivity contribution in [1.82, 2.24) is 5.32 Å². The third kappa shape index (κ3) is 4.45. The molecule has 9 heteroatoms. The van der Waals surface area contributed by atoms with E-state index in [4.69, 9.17) is 19.4 Å². The summed E-state index contributed by atoms with van der Waals surface area (Å²) in [4.78, 5) is 11.5. The van der Waals surface area contributed by atoms with E-state index in [1.165, 1.54) is 6.07 Å². The van der Waals surface area contributed by atoms with Crippen LogP contribution in [0.2, 0.25) is 0 Å². The van der Waals surface area contributed by atoms with Gasteiger partial charge in [-0.1, -0.05) is 0 Å². The van der Waals surface area contributed by atoms with Gasteiger partial charge in [-0.05, 0) is 12.1 Å². The van der Waals surface area contributed by atoms with Gasteiger partial charge >= 0.3 is 0 Å². The van der Waals surface area contributed by atoms with E-state index in [0.29, 0.717) is 0 Å². The first-order chi connectivity index (χ1) is 8.45. The molecule has 4 N–H and O–H groups in total. The molecule has 1 amide bonds. The van der Waals surface area contributed by atoms with Crippen LogP contribution in [0.3, 0.4) is 0 Å². The van der Waals surface area contributed by atoms with Crippen molar-refractivity contribution >= 4 is 15.9 Å². The number of sulfonamides is 1. The maximum atomic E-state index is 11.5. The zero-order chi connectivity index (χ0) is 13.6. The van der Waals surface area contributed by atoms with Crippen molar-refractivity contribution in [2.24, 2.45) is 5.14 Å². The summed E-state index contributed by atoms with van der Waals surface area (Å²) in [6.45, 7) is 0.537. The minimum Gasteiger partial charge on any atom is -0.438 e. The second-order valence-electron chi connectivity index (χ2n) is 3.26. The summed E-state index contributed by atoms with van der Waals surface area (Å²) in [5, 5.41) is 15.2. The fraction of sp³-hybridized carbons (Fsp3) is 0.444. The van der Waals surface area contributed by atoms with E-state index < -0.39 is 21.0 Å². The van der Waals surface area contributed by atoms with Crippen molar-refractivity contribution in [2.45, 2.75) is 5.09 Å². The molecule has 0 spiro atoms. The normalized spacial score (nSPS) is 11.4. The molecule has 0 bridgehead atoms. The van der Waals surface area contributed by atoms with E-state index >= 15 is 0 Å². The van der Waals surface area contributed by atoms with Crippen molar-refractivity contribution in [1.29, 1.82) is 0 Å². The number of nitrogens with one attached hydrogen (secondary N) is 1. The molecule has 0 aliphatic carbocycles. The highest BCUT2D eigenvalue weighted by Crippen LogP contribution is 2.11. The zero-order valence-electron chi connectivity index (χ0n) is 9.46. The van der Waals surface area contributed by atoms with Crippen molar-refractivity contribution < 1.29 is 27.5 Å². The predicted octanol–water partition coefficient (Wildman–Crippen LogP) is -1.33. The molecule has 18 heavy (non-hydrogen) atoms. The summed E-state index contributed by atoms with van der Waals surface area (Å²) in [7, 11) is -3.95. The molecule has 102 valence electrons. The molecular formula is C9H14N2O6S. The number of aliphatic hydroxyl groups is 1. The van der Waals surface area contributed by atoms with Gasteiger partial charge in [0.25, 0.3) is 15.9 Å². The highest BCUT2D eigenvalue weighted by molar-refractivity contribution is 7.89. The summed E-state index contributed by atoms with van der Waals surface area (Å²) < 4.78 is 31.5. The number of amides is 1. The van der Waals surface area contributed by atoms with Crippen molar-refractivity contribution in [3.63, 3.8) is 0 Å². The second kappa shape index (κ2) is 6.50. The summed E-state index contributed by atoms with van der Waals surface area (Å²) >= 11 is 0. The summed E-state index contributed by atoms with van der Waals surface area (Å²) in [6.07, 6.45) is 0. The largest absolute Gasteiger partial charge is 0.438 e. The lowest BCUT2D eigenvalue weighted by atomic mass is 10.4. The third-order valence-electron chi connectivity index (χ3n) is 1.85. The third-order valence-corrected chi connectivity index (χ3v) is 2.63. The Morgan fingerprint density at radius 3 is 2.72 bits per heavy atom. The monoisotopic (exact) mass is 278 g/mol. The topological polar surface area (TPSA) is 132 Å². The number of carbonyl (C=O) groups is 1. The molecule has 0 aliphatic rings. The van der Waals surface area contributed by atoms with Crippen LogP contribution in [0.15, 0.2) is 21.6 Å². The number of primary sulfonamides is 1. The van der Waals surface area contributed by atoms with Gasteiger partial charge in [-0.2, -0.15) is 0 Å². The number of ether oxygens (including phenoxy) is 1. The molecular weight excluding hydrogens is 264 g/mol. The van der Waals surface area contributed by atoms with Gasteiger partial charge in [-0.3, -0.25) is 4.79 Å². The first-order valence-electron chi connectivity index (χ1n) is 5.04. The Kier molecular flexibility index (Phi) is 5.28. The average Bonchev–Trinajstić information content (AvgIpc) is 2.77. The van der Waals surface area contributed by atoms with Crippen LogP contribution in [0.25, 0.3) is 0 Å². The summed E-state index contributed by atoms with van der Waals surface area (Å²) in [6, 6.07) is 2.32. The van der Waals surface area contributed by atoms with Gasteiger partial charge in [0.05, 0.1) is 19.8 Å². The van der Waals surface area contributed by atoms with Gasteiger partial charge in [0.1, 0.15) is 0 Å². The van der Waals surface area contributed by atoms with Gasteiger partial charge in [0, 0.05) is 6.54 Å². The molecule has 8 nitrogen and oxygen atoms in total. The van der Waals surface area contributed by atoms with Crippen LogP contribution in [0.4, 0.5) is 0 Å². The number of hydrogen-bond donors (Lipinski definition) is 3. The Morgan fingerprint density at radius 2 is 2.17 bits per heavy atom. The number of furan rings is 1. The first-order valence-corrected chi connectivity index (χ1v) is 6.59. The lowest BCUT2D eigenvalue weighted by molar-refractivity contribution is 0.0818. The van der Waals surface area contributed by atoms with Gasteiger partial charge in [-0.25, -0.2) is 13.6 Å². The van der Waals surface area contributed by atoms with E-state index in [1.54, 1.807) is 0 Å². The van der Waals surface area contributed by atoms with Crippen molar-refractivity contribution in [2.75, 3.05) is 26.4 Å². The standard InChI is InChI=1S/C9H14N2O6S/c10-18(14,15)8-2-1-7(17-8)9(13)11-3-5-16-6-4-12/h1-2,12H,3-6H2,(H,11,13)(H2,10,14,15). The number of rotatable bonds is 7. The molecule has 1 aromatic rings. The maximum absolute atomic E-state index is 11.5. The van der Waals surface area contributed by atoms with Crippen LogP contribution >= 0.6 is 0 Å². The van der Waals surface area contributed by atoms with Gasteiger partial charge in [-0.15, -0.1) is 0 Å². The Hall–Kier alpha value is -1.42. The molecule has 1 rings (SSSR count). The number of nitrogens with two attached hydrogens (primary N) is 1. The highest BCUT2D eigenvalue weighted by atomic mass is 32.2.